The van der Waals surface area contributed by atoms with E-state index in [2.05, 4.69) is 15.7 Å². The van der Waals surface area contributed by atoms with Gasteiger partial charge in [-0.2, -0.15) is 0 Å². The normalized spacial score (nSPS) is 17.4. The van der Waals surface area contributed by atoms with Crippen molar-refractivity contribution in [2.75, 3.05) is 26.7 Å². The topological polar surface area (TPSA) is 38.8 Å². The van der Waals surface area contributed by atoms with Crippen molar-refractivity contribution in [2.45, 2.75) is 18.9 Å². The zero-order valence-electron chi connectivity index (χ0n) is 10.6. The smallest absolute Gasteiger partial charge is 0.319 e. The van der Waals surface area contributed by atoms with E-state index in [9.17, 15) is 4.79 Å². The number of benzene rings is 1. The minimum Gasteiger partial charge on any atom is -0.490 e. The number of piperidine rings is 1. The summed E-state index contributed by atoms with van der Waals surface area (Å²) in [6, 6.07) is 10.5. The SMILES string of the molecule is COC(=O)CN1CCC(Oc2cc[c]cc2)CC1. The van der Waals surface area contributed by atoms with Crippen LogP contribution in [0.25, 0.3) is 0 Å². The van der Waals surface area contributed by atoms with Gasteiger partial charge in [0.2, 0.25) is 0 Å². The van der Waals surface area contributed by atoms with Crippen LogP contribution in [0.2, 0.25) is 0 Å². The largest absolute Gasteiger partial charge is 0.490 e. The van der Waals surface area contributed by atoms with Gasteiger partial charge in [-0.25, -0.2) is 0 Å². The molecule has 0 amide bonds. The Labute approximate surface area is 107 Å². The molecule has 0 atom stereocenters. The molecule has 1 heterocycles. The highest BCUT2D eigenvalue weighted by molar-refractivity contribution is 5.71. The van der Waals surface area contributed by atoms with E-state index in [1.54, 1.807) is 0 Å². The van der Waals surface area contributed by atoms with Crippen molar-refractivity contribution in [3.8, 4) is 5.75 Å². The van der Waals surface area contributed by atoms with Gasteiger partial charge in [0.15, 0.2) is 0 Å². The van der Waals surface area contributed by atoms with Gasteiger partial charge in [-0.05, 0) is 31.0 Å². The summed E-state index contributed by atoms with van der Waals surface area (Å²) in [5, 5.41) is 0. The Bertz CT molecular complexity index is 372. The van der Waals surface area contributed by atoms with E-state index in [0.717, 1.165) is 31.7 Å². The van der Waals surface area contributed by atoms with Crippen molar-refractivity contribution in [2.24, 2.45) is 0 Å². The van der Waals surface area contributed by atoms with Crippen molar-refractivity contribution in [1.82, 2.24) is 4.90 Å². The summed E-state index contributed by atoms with van der Waals surface area (Å²) >= 11 is 0. The Morgan fingerprint density at radius 1 is 1.39 bits per heavy atom. The highest BCUT2D eigenvalue weighted by Crippen LogP contribution is 2.18. The van der Waals surface area contributed by atoms with Crippen LogP contribution >= 0.6 is 0 Å². The van der Waals surface area contributed by atoms with Crippen molar-refractivity contribution < 1.29 is 14.3 Å². The number of likely N-dealkylation sites (tertiary alicyclic amines) is 1. The first-order valence-electron chi connectivity index (χ1n) is 6.20. The van der Waals surface area contributed by atoms with Crippen LogP contribution in [0.5, 0.6) is 5.75 Å². The number of hydrogen-bond donors (Lipinski definition) is 0. The average Bonchev–Trinajstić information content (AvgIpc) is 2.42. The van der Waals surface area contributed by atoms with Gasteiger partial charge < -0.3 is 9.47 Å². The molecule has 1 fully saturated rings. The summed E-state index contributed by atoms with van der Waals surface area (Å²) in [5.74, 6) is 0.716. The Kier molecular flexibility index (Phi) is 4.59. The predicted molar refractivity (Wildman–Crippen MR) is 67.4 cm³/mol. The number of hydrogen-bond acceptors (Lipinski definition) is 4. The number of carbonyl (C=O) groups is 1. The van der Waals surface area contributed by atoms with Gasteiger partial charge in [0.1, 0.15) is 11.9 Å². The lowest BCUT2D eigenvalue weighted by Crippen LogP contribution is -2.41. The average molecular weight is 248 g/mol. The minimum absolute atomic E-state index is 0.173. The Balaban J connectivity index is 1.75. The standard InChI is InChI=1S/C14H18NO3/c1-17-14(16)11-15-9-7-13(8-10-15)18-12-5-3-2-4-6-12/h3-6,13H,7-11H2,1H3. The fraction of sp³-hybridized carbons (Fsp3) is 0.500. The van der Waals surface area contributed by atoms with E-state index in [1.807, 2.05) is 24.3 Å². The molecule has 0 bridgehead atoms. The molecule has 18 heavy (non-hydrogen) atoms. The fourth-order valence-electron chi connectivity index (χ4n) is 2.07. The zero-order chi connectivity index (χ0) is 12.8. The summed E-state index contributed by atoms with van der Waals surface area (Å²) in [4.78, 5) is 13.3. The van der Waals surface area contributed by atoms with E-state index in [4.69, 9.17) is 4.74 Å². The van der Waals surface area contributed by atoms with E-state index in [1.165, 1.54) is 7.11 Å². The van der Waals surface area contributed by atoms with Crippen molar-refractivity contribution in [3.05, 3.63) is 30.3 Å². The third-order valence-corrected chi connectivity index (χ3v) is 3.11. The van der Waals surface area contributed by atoms with Crippen LogP contribution in [-0.2, 0) is 9.53 Å². The molecule has 1 aromatic rings. The summed E-state index contributed by atoms with van der Waals surface area (Å²) in [6.07, 6.45) is 2.12. The molecule has 1 radical (unpaired) electrons. The number of esters is 1. The molecule has 1 aliphatic rings. The second-order valence-electron chi connectivity index (χ2n) is 4.41. The lowest BCUT2D eigenvalue weighted by Gasteiger charge is -2.31. The fourth-order valence-corrected chi connectivity index (χ4v) is 2.07. The highest BCUT2D eigenvalue weighted by Gasteiger charge is 2.22. The first kappa shape index (κ1) is 12.9. The van der Waals surface area contributed by atoms with Crippen LogP contribution in [0.4, 0.5) is 0 Å². The Morgan fingerprint density at radius 2 is 2.06 bits per heavy atom. The third-order valence-electron chi connectivity index (χ3n) is 3.11. The molecule has 4 nitrogen and oxygen atoms in total. The number of methoxy groups -OCH3 is 1. The summed E-state index contributed by atoms with van der Waals surface area (Å²) in [5.41, 5.74) is 0. The van der Waals surface area contributed by atoms with Gasteiger partial charge in [-0.15, -0.1) is 0 Å². The summed E-state index contributed by atoms with van der Waals surface area (Å²) in [7, 11) is 1.42. The monoisotopic (exact) mass is 248 g/mol. The van der Waals surface area contributed by atoms with Crippen LogP contribution in [0.1, 0.15) is 12.8 Å². The second-order valence-corrected chi connectivity index (χ2v) is 4.41. The quantitative estimate of drug-likeness (QED) is 0.757. The van der Waals surface area contributed by atoms with Gasteiger partial charge in [-0.1, -0.05) is 12.1 Å². The van der Waals surface area contributed by atoms with Gasteiger partial charge >= 0.3 is 5.97 Å². The van der Waals surface area contributed by atoms with Crippen molar-refractivity contribution in [1.29, 1.82) is 0 Å². The molecule has 0 N–H and O–H groups in total. The van der Waals surface area contributed by atoms with Crippen molar-refractivity contribution >= 4 is 5.97 Å². The molecular weight excluding hydrogens is 230 g/mol. The van der Waals surface area contributed by atoms with Crippen LogP contribution in [0, 0.1) is 6.07 Å². The molecule has 0 spiro atoms. The van der Waals surface area contributed by atoms with E-state index in [-0.39, 0.29) is 12.1 Å². The van der Waals surface area contributed by atoms with E-state index in [0.29, 0.717) is 6.54 Å². The Morgan fingerprint density at radius 3 is 2.67 bits per heavy atom. The first-order valence-corrected chi connectivity index (χ1v) is 6.20. The minimum atomic E-state index is -0.173. The van der Waals surface area contributed by atoms with Crippen molar-refractivity contribution in [3.63, 3.8) is 0 Å². The maximum Gasteiger partial charge on any atom is 0.319 e. The number of rotatable bonds is 4. The molecule has 0 aliphatic carbocycles. The molecule has 97 valence electrons. The van der Waals surface area contributed by atoms with Crippen LogP contribution in [0.3, 0.4) is 0 Å². The Hall–Kier alpha value is -1.55. The first-order chi connectivity index (χ1) is 8.78. The molecule has 1 aliphatic heterocycles. The molecule has 0 aromatic heterocycles. The molecular formula is C14H18NO3. The molecule has 1 saturated heterocycles. The van der Waals surface area contributed by atoms with E-state index < -0.39 is 0 Å². The van der Waals surface area contributed by atoms with Gasteiger partial charge in [-0.3, -0.25) is 9.69 Å². The van der Waals surface area contributed by atoms with Gasteiger partial charge in [0.25, 0.3) is 0 Å². The summed E-state index contributed by atoms with van der Waals surface area (Å²) in [6.45, 7) is 2.13. The number of nitrogens with zero attached hydrogens (tertiary/aromatic N) is 1. The number of carbonyl (C=O) groups excluding carboxylic acids is 1. The predicted octanol–water partition coefficient (Wildman–Crippen LogP) is 1.50. The summed E-state index contributed by atoms with van der Waals surface area (Å²) < 4.78 is 10.5. The molecule has 4 heteroatoms. The maximum absolute atomic E-state index is 11.2. The third kappa shape index (κ3) is 3.74. The highest BCUT2D eigenvalue weighted by atomic mass is 16.5. The van der Waals surface area contributed by atoms with Gasteiger partial charge in [0.05, 0.1) is 13.7 Å². The second kappa shape index (κ2) is 6.40. The molecule has 0 unspecified atom stereocenters. The number of ether oxygens (including phenoxy) is 2. The molecule has 1 aromatic carbocycles. The lowest BCUT2D eigenvalue weighted by molar-refractivity contribution is -0.142. The molecule has 0 saturated carbocycles. The van der Waals surface area contributed by atoms with E-state index >= 15 is 0 Å². The van der Waals surface area contributed by atoms with Crippen LogP contribution in [-0.4, -0.2) is 43.7 Å². The maximum atomic E-state index is 11.2. The van der Waals surface area contributed by atoms with Gasteiger partial charge in [0, 0.05) is 13.1 Å². The van der Waals surface area contributed by atoms with Crippen LogP contribution < -0.4 is 4.74 Å². The molecule has 2 rings (SSSR count). The zero-order valence-corrected chi connectivity index (χ0v) is 10.6. The van der Waals surface area contributed by atoms with Crippen LogP contribution in [0.15, 0.2) is 24.3 Å². The lowest BCUT2D eigenvalue weighted by atomic mass is 10.1.